The highest BCUT2D eigenvalue weighted by molar-refractivity contribution is 5.79. The van der Waals surface area contributed by atoms with Crippen molar-refractivity contribution in [3.05, 3.63) is 23.3 Å². The Balaban J connectivity index is 2.33. The van der Waals surface area contributed by atoms with Crippen molar-refractivity contribution in [1.29, 1.82) is 0 Å². The fourth-order valence-corrected chi connectivity index (χ4v) is 2.22. The largest absolute Gasteiger partial charge is 0.507 e. The van der Waals surface area contributed by atoms with Crippen LogP contribution in [0.25, 0.3) is 0 Å². The molecular formula is C13H17NO4. The minimum atomic E-state index is -1.43. The number of aliphatic hydroxyl groups excluding tert-OH is 1. The Morgan fingerprint density at radius 2 is 2.28 bits per heavy atom. The Hall–Kier alpha value is -1.75. The van der Waals surface area contributed by atoms with Gasteiger partial charge in [0.25, 0.3) is 0 Å². The number of aliphatic hydroxyl groups is 1. The summed E-state index contributed by atoms with van der Waals surface area (Å²) in [6.45, 7) is 2.69. The van der Waals surface area contributed by atoms with Gasteiger partial charge in [0, 0.05) is 30.4 Å². The first kappa shape index (κ1) is 12.7. The van der Waals surface area contributed by atoms with Gasteiger partial charge in [0.1, 0.15) is 5.75 Å². The van der Waals surface area contributed by atoms with Gasteiger partial charge >= 0.3 is 5.97 Å². The Morgan fingerprint density at radius 3 is 2.94 bits per heavy atom. The normalized spacial score (nSPS) is 15.4. The number of esters is 1. The molecule has 0 aliphatic carbocycles. The topological polar surface area (TPSA) is 70.0 Å². The van der Waals surface area contributed by atoms with Crippen molar-refractivity contribution >= 4 is 11.7 Å². The summed E-state index contributed by atoms with van der Waals surface area (Å²) in [5.74, 6) is -0.739. The minimum absolute atomic E-state index is 0.00240. The summed E-state index contributed by atoms with van der Waals surface area (Å²) < 4.78 is 4.74. The van der Waals surface area contributed by atoms with Gasteiger partial charge in [-0.25, -0.2) is 4.79 Å². The standard InChI is InChI=1S/C13H17NO4/c1-3-18-13(17)12(16)9-4-5-10-8(11(9)15)6-7-14(10)2/h4-5,12,15-16H,3,6-7H2,1-2H3. The van der Waals surface area contributed by atoms with Crippen molar-refractivity contribution in [2.75, 3.05) is 25.1 Å². The first-order valence-corrected chi connectivity index (χ1v) is 5.96. The number of anilines is 1. The van der Waals surface area contributed by atoms with E-state index in [2.05, 4.69) is 0 Å². The number of hydrogen-bond acceptors (Lipinski definition) is 5. The minimum Gasteiger partial charge on any atom is -0.507 e. The highest BCUT2D eigenvalue weighted by atomic mass is 16.5. The predicted molar refractivity (Wildman–Crippen MR) is 66.7 cm³/mol. The monoisotopic (exact) mass is 251 g/mol. The van der Waals surface area contributed by atoms with Crippen molar-refractivity contribution in [2.24, 2.45) is 0 Å². The van der Waals surface area contributed by atoms with Crippen LogP contribution in [0.3, 0.4) is 0 Å². The van der Waals surface area contributed by atoms with Crippen molar-refractivity contribution in [3.8, 4) is 5.75 Å². The van der Waals surface area contributed by atoms with Gasteiger partial charge in [-0.15, -0.1) is 0 Å². The number of hydrogen-bond donors (Lipinski definition) is 2. The molecule has 0 aromatic heterocycles. The zero-order valence-electron chi connectivity index (χ0n) is 10.5. The molecular weight excluding hydrogens is 234 g/mol. The van der Waals surface area contributed by atoms with E-state index in [0.717, 1.165) is 17.8 Å². The lowest BCUT2D eigenvalue weighted by Gasteiger charge is -2.16. The van der Waals surface area contributed by atoms with Crippen LogP contribution in [0.2, 0.25) is 0 Å². The van der Waals surface area contributed by atoms with Crippen LogP contribution in [0.1, 0.15) is 24.2 Å². The van der Waals surface area contributed by atoms with Gasteiger partial charge in [-0.05, 0) is 19.4 Å². The third-order valence-electron chi connectivity index (χ3n) is 3.20. The second kappa shape index (κ2) is 4.86. The molecule has 0 amide bonds. The van der Waals surface area contributed by atoms with Crippen LogP contribution >= 0.6 is 0 Å². The molecule has 5 nitrogen and oxygen atoms in total. The molecule has 1 atom stereocenters. The highest BCUT2D eigenvalue weighted by Gasteiger charge is 2.27. The number of fused-ring (bicyclic) bond motifs is 1. The summed E-state index contributed by atoms with van der Waals surface area (Å²) in [6.07, 6.45) is -0.720. The number of ether oxygens (including phenoxy) is 1. The molecule has 1 heterocycles. The number of rotatable bonds is 3. The molecule has 18 heavy (non-hydrogen) atoms. The van der Waals surface area contributed by atoms with E-state index in [4.69, 9.17) is 4.74 Å². The Labute approximate surface area is 106 Å². The second-order valence-corrected chi connectivity index (χ2v) is 4.33. The SMILES string of the molecule is CCOC(=O)C(O)c1ccc2c(c1O)CCN2C. The number of nitrogens with zero attached hydrogens (tertiary/aromatic N) is 1. The van der Waals surface area contributed by atoms with Gasteiger partial charge in [-0.2, -0.15) is 0 Å². The third-order valence-corrected chi connectivity index (χ3v) is 3.20. The van der Waals surface area contributed by atoms with Crippen LogP contribution in [0, 0.1) is 0 Å². The van der Waals surface area contributed by atoms with E-state index < -0.39 is 12.1 Å². The van der Waals surface area contributed by atoms with Gasteiger partial charge in [-0.1, -0.05) is 6.07 Å². The van der Waals surface area contributed by atoms with Crippen molar-refractivity contribution in [1.82, 2.24) is 0 Å². The zero-order valence-corrected chi connectivity index (χ0v) is 10.5. The summed E-state index contributed by atoms with van der Waals surface area (Å²) in [6, 6.07) is 3.37. The lowest BCUT2D eigenvalue weighted by Crippen LogP contribution is -2.16. The third kappa shape index (κ3) is 2.01. The Morgan fingerprint density at radius 1 is 1.56 bits per heavy atom. The van der Waals surface area contributed by atoms with Crippen LogP contribution < -0.4 is 4.90 Å². The van der Waals surface area contributed by atoms with Crippen molar-refractivity contribution < 1.29 is 19.7 Å². The second-order valence-electron chi connectivity index (χ2n) is 4.33. The molecule has 0 spiro atoms. The van der Waals surface area contributed by atoms with E-state index in [9.17, 15) is 15.0 Å². The molecule has 0 saturated carbocycles. The van der Waals surface area contributed by atoms with Gasteiger partial charge in [0.2, 0.25) is 0 Å². The summed E-state index contributed by atoms with van der Waals surface area (Å²) in [5, 5.41) is 20.0. The maximum Gasteiger partial charge on any atom is 0.339 e. The van der Waals surface area contributed by atoms with Gasteiger partial charge in [0.05, 0.1) is 6.61 Å². The Kier molecular flexibility index (Phi) is 3.43. The average molecular weight is 251 g/mol. The highest BCUT2D eigenvalue weighted by Crippen LogP contribution is 2.38. The van der Waals surface area contributed by atoms with E-state index in [1.807, 2.05) is 11.9 Å². The quantitative estimate of drug-likeness (QED) is 0.784. The number of phenolic OH excluding ortho intramolecular Hbond substituents is 1. The van der Waals surface area contributed by atoms with E-state index >= 15 is 0 Å². The first-order valence-electron chi connectivity index (χ1n) is 5.96. The summed E-state index contributed by atoms with van der Waals surface area (Å²) >= 11 is 0. The molecule has 1 unspecified atom stereocenters. The molecule has 1 aliphatic rings. The lowest BCUT2D eigenvalue weighted by molar-refractivity contribution is -0.153. The van der Waals surface area contributed by atoms with Crippen LogP contribution in [-0.4, -0.2) is 36.4 Å². The maximum atomic E-state index is 11.5. The summed E-state index contributed by atoms with van der Waals surface area (Å²) in [4.78, 5) is 13.5. The molecule has 2 N–H and O–H groups in total. The number of likely N-dealkylation sites (N-methyl/N-ethyl adjacent to an activating group) is 1. The van der Waals surface area contributed by atoms with Crippen molar-refractivity contribution in [2.45, 2.75) is 19.4 Å². The fourth-order valence-electron chi connectivity index (χ4n) is 2.22. The molecule has 0 fully saturated rings. The van der Waals surface area contributed by atoms with E-state index in [0.29, 0.717) is 6.42 Å². The molecule has 5 heteroatoms. The fraction of sp³-hybridized carbons (Fsp3) is 0.462. The predicted octanol–water partition coefficient (Wildman–Crippen LogP) is 0.981. The molecule has 0 saturated heterocycles. The van der Waals surface area contributed by atoms with Gasteiger partial charge in [0.15, 0.2) is 6.10 Å². The number of carbonyl (C=O) groups excluding carboxylic acids is 1. The molecule has 1 aromatic carbocycles. The van der Waals surface area contributed by atoms with Crippen LogP contribution in [0.15, 0.2) is 12.1 Å². The van der Waals surface area contributed by atoms with E-state index in [-0.39, 0.29) is 17.9 Å². The summed E-state index contributed by atoms with van der Waals surface area (Å²) in [7, 11) is 1.94. The number of benzene rings is 1. The van der Waals surface area contributed by atoms with Gasteiger partial charge in [-0.3, -0.25) is 0 Å². The number of aromatic hydroxyl groups is 1. The number of carbonyl (C=O) groups is 1. The van der Waals surface area contributed by atoms with E-state index in [1.54, 1.807) is 19.1 Å². The van der Waals surface area contributed by atoms with Crippen LogP contribution in [0.4, 0.5) is 5.69 Å². The van der Waals surface area contributed by atoms with Crippen LogP contribution in [0.5, 0.6) is 5.75 Å². The average Bonchev–Trinajstić information content (AvgIpc) is 2.72. The molecule has 0 radical (unpaired) electrons. The molecule has 1 aromatic rings. The zero-order chi connectivity index (χ0) is 13.3. The molecule has 2 rings (SSSR count). The number of phenols is 1. The smallest absolute Gasteiger partial charge is 0.339 e. The molecule has 0 bridgehead atoms. The Bertz CT molecular complexity index is 472. The maximum absolute atomic E-state index is 11.5. The molecule has 98 valence electrons. The lowest BCUT2D eigenvalue weighted by atomic mass is 10.0. The van der Waals surface area contributed by atoms with E-state index in [1.165, 1.54) is 0 Å². The summed E-state index contributed by atoms with van der Waals surface area (Å²) in [5.41, 5.74) is 1.92. The molecule has 1 aliphatic heterocycles. The van der Waals surface area contributed by atoms with Crippen molar-refractivity contribution in [3.63, 3.8) is 0 Å². The first-order chi connectivity index (χ1) is 8.56. The van der Waals surface area contributed by atoms with Gasteiger partial charge < -0.3 is 19.8 Å². The van der Waals surface area contributed by atoms with Crippen LogP contribution in [-0.2, 0) is 16.0 Å².